The van der Waals surface area contributed by atoms with Gasteiger partial charge in [-0.15, -0.1) is 0 Å². The third-order valence-corrected chi connectivity index (χ3v) is 7.42. The Morgan fingerprint density at radius 2 is 1.71 bits per heavy atom. The van der Waals surface area contributed by atoms with Gasteiger partial charge in [0.1, 0.15) is 16.4 Å². The molecule has 1 aliphatic heterocycles. The molecule has 1 N–H and O–H groups in total. The van der Waals surface area contributed by atoms with E-state index in [1.54, 1.807) is 12.1 Å². The summed E-state index contributed by atoms with van der Waals surface area (Å²) in [4.78, 5) is 12.7. The van der Waals surface area contributed by atoms with Crippen molar-refractivity contribution in [3.63, 3.8) is 0 Å². The van der Waals surface area contributed by atoms with Crippen LogP contribution in [0.5, 0.6) is 11.5 Å². The lowest BCUT2D eigenvalue weighted by Gasteiger charge is -2.31. The Kier molecular flexibility index (Phi) is 7.92. The fourth-order valence-electron chi connectivity index (χ4n) is 3.84. The van der Waals surface area contributed by atoms with Gasteiger partial charge in [-0.2, -0.15) is 4.31 Å². The Hall–Kier alpha value is -2.58. The molecule has 0 saturated carbocycles. The molecule has 1 atom stereocenters. The minimum atomic E-state index is -3.99. The van der Waals surface area contributed by atoms with Crippen LogP contribution in [0.15, 0.2) is 53.4 Å². The number of amides is 1. The Balaban J connectivity index is 2.12. The topological polar surface area (TPSA) is 84.9 Å². The van der Waals surface area contributed by atoms with Gasteiger partial charge in [0.25, 0.3) is 0 Å². The Morgan fingerprint density at radius 1 is 0.968 bits per heavy atom. The summed E-state index contributed by atoms with van der Waals surface area (Å²) in [6, 6.07) is 13.4. The zero-order chi connectivity index (χ0) is 22.3. The molecule has 7 nitrogen and oxygen atoms in total. The Bertz CT molecular complexity index is 979. The van der Waals surface area contributed by atoms with E-state index in [0.29, 0.717) is 25.3 Å². The molecule has 2 aromatic carbocycles. The zero-order valence-corrected chi connectivity index (χ0v) is 18.9. The molecule has 0 spiro atoms. The van der Waals surface area contributed by atoms with Gasteiger partial charge in [-0.3, -0.25) is 4.79 Å². The number of benzene rings is 2. The van der Waals surface area contributed by atoms with Crippen LogP contribution < -0.4 is 14.8 Å². The van der Waals surface area contributed by atoms with Crippen LogP contribution in [-0.2, 0) is 14.8 Å². The second-order valence-corrected chi connectivity index (χ2v) is 9.39. The fourth-order valence-corrected chi connectivity index (χ4v) is 5.66. The van der Waals surface area contributed by atoms with Gasteiger partial charge in [0, 0.05) is 25.6 Å². The second-order valence-electron chi connectivity index (χ2n) is 7.53. The summed E-state index contributed by atoms with van der Waals surface area (Å²) < 4.78 is 39.9. The molecule has 0 aliphatic carbocycles. The van der Waals surface area contributed by atoms with Gasteiger partial charge >= 0.3 is 0 Å². The van der Waals surface area contributed by atoms with Crippen LogP contribution in [0.3, 0.4) is 0 Å². The maximum Gasteiger partial charge on any atom is 0.247 e. The van der Waals surface area contributed by atoms with Crippen LogP contribution in [0, 0.1) is 0 Å². The third-order valence-electron chi connectivity index (χ3n) is 5.50. The van der Waals surface area contributed by atoms with Crippen molar-refractivity contribution in [1.82, 2.24) is 9.62 Å². The highest BCUT2D eigenvalue weighted by molar-refractivity contribution is 7.89. The first-order chi connectivity index (χ1) is 15.0. The summed E-state index contributed by atoms with van der Waals surface area (Å²) in [6.45, 7) is 0.923. The SMILES string of the molecule is COc1ccc(OC)c(S(=O)(=O)N2CCCCCCNC(=O)CC2c2ccccc2)c1. The smallest absolute Gasteiger partial charge is 0.247 e. The van der Waals surface area contributed by atoms with Crippen molar-refractivity contribution in [3.05, 3.63) is 54.1 Å². The van der Waals surface area contributed by atoms with Gasteiger partial charge in [-0.25, -0.2) is 8.42 Å². The van der Waals surface area contributed by atoms with Crippen LogP contribution in [-0.4, -0.2) is 45.9 Å². The molecule has 3 rings (SSSR count). The normalized spacial score (nSPS) is 19.2. The molecular weight excluding hydrogens is 416 g/mol. The van der Waals surface area contributed by atoms with Crippen LogP contribution in [0.25, 0.3) is 0 Å². The summed E-state index contributed by atoms with van der Waals surface area (Å²) in [5.41, 5.74) is 0.780. The van der Waals surface area contributed by atoms with E-state index in [4.69, 9.17) is 9.47 Å². The van der Waals surface area contributed by atoms with Crippen molar-refractivity contribution in [2.24, 2.45) is 0 Å². The van der Waals surface area contributed by atoms with Crippen LogP contribution in [0.1, 0.15) is 43.7 Å². The Labute approximate surface area is 184 Å². The van der Waals surface area contributed by atoms with Crippen molar-refractivity contribution in [3.8, 4) is 11.5 Å². The van der Waals surface area contributed by atoms with Gasteiger partial charge in [0.15, 0.2) is 0 Å². The summed E-state index contributed by atoms with van der Waals surface area (Å²) in [7, 11) is -1.06. The van der Waals surface area contributed by atoms with Crippen molar-refractivity contribution in [2.75, 3.05) is 27.3 Å². The lowest BCUT2D eigenvalue weighted by molar-refractivity contribution is -0.122. The number of nitrogens with zero attached hydrogens (tertiary/aromatic N) is 1. The lowest BCUT2D eigenvalue weighted by atomic mass is 10.0. The molecule has 0 aromatic heterocycles. The van der Waals surface area contributed by atoms with Gasteiger partial charge < -0.3 is 14.8 Å². The first-order valence-electron chi connectivity index (χ1n) is 10.5. The van der Waals surface area contributed by atoms with Crippen LogP contribution in [0.2, 0.25) is 0 Å². The van der Waals surface area contributed by atoms with Gasteiger partial charge in [0.05, 0.1) is 20.3 Å². The monoisotopic (exact) mass is 446 g/mol. The molecule has 1 fully saturated rings. The predicted octanol–water partition coefficient (Wildman–Crippen LogP) is 3.52. The van der Waals surface area contributed by atoms with Crippen molar-refractivity contribution in [1.29, 1.82) is 0 Å². The maximum absolute atomic E-state index is 13.9. The fraction of sp³-hybridized carbons (Fsp3) is 0.435. The number of rotatable bonds is 5. The third kappa shape index (κ3) is 5.57. The number of methoxy groups -OCH3 is 2. The molecule has 1 amide bonds. The molecule has 2 aromatic rings. The summed E-state index contributed by atoms with van der Waals surface area (Å²) in [6.07, 6.45) is 3.47. The minimum Gasteiger partial charge on any atom is -0.497 e. The van der Waals surface area contributed by atoms with Gasteiger partial charge in [0.2, 0.25) is 15.9 Å². The molecule has 168 valence electrons. The predicted molar refractivity (Wildman–Crippen MR) is 119 cm³/mol. The maximum atomic E-state index is 13.9. The zero-order valence-electron chi connectivity index (χ0n) is 18.0. The van der Waals surface area contributed by atoms with E-state index >= 15 is 0 Å². The summed E-state index contributed by atoms with van der Waals surface area (Å²) in [5, 5.41) is 2.93. The standard InChI is InChI=1S/C23H30N2O5S/c1-29-19-12-13-21(30-2)22(16-19)31(27,28)25-15-9-4-3-8-14-24-23(26)17-20(25)18-10-6-5-7-11-18/h5-7,10-13,16,20H,3-4,8-9,14-15,17H2,1-2H3,(H,24,26). The van der Waals surface area contributed by atoms with Crippen LogP contribution in [0.4, 0.5) is 0 Å². The summed E-state index contributed by atoms with van der Waals surface area (Å²) in [5.74, 6) is 0.506. The average molecular weight is 447 g/mol. The number of sulfonamides is 1. The largest absolute Gasteiger partial charge is 0.497 e. The van der Waals surface area contributed by atoms with Crippen molar-refractivity contribution >= 4 is 15.9 Å². The highest BCUT2D eigenvalue weighted by Gasteiger charge is 2.35. The van der Waals surface area contributed by atoms with E-state index in [0.717, 1.165) is 24.8 Å². The lowest BCUT2D eigenvalue weighted by Crippen LogP contribution is -2.38. The number of ether oxygens (including phenoxy) is 2. The van der Waals surface area contributed by atoms with Gasteiger partial charge in [-0.1, -0.05) is 43.2 Å². The Morgan fingerprint density at radius 3 is 2.42 bits per heavy atom. The first-order valence-corrected chi connectivity index (χ1v) is 12.0. The van der Waals surface area contributed by atoms with E-state index < -0.39 is 16.1 Å². The number of hydrogen-bond donors (Lipinski definition) is 1. The molecular formula is C23H30N2O5S. The molecule has 1 unspecified atom stereocenters. The van der Waals surface area contributed by atoms with E-state index in [2.05, 4.69) is 5.32 Å². The van der Waals surface area contributed by atoms with E-state index in [-0.39, 0.29) is 23.0 Å². The quantitative estimate of drug-likeness (QED) is 0.760. The molecule has 0 bridgehead atoms. The molecule has 1 heterocycles. The van der Waals surface area contributed by atoms with Crippen molar-refractivity contribution in [2.45, 2.75) is 43.0 Å². The van der Waals surface area contributed by atoms with Gasteiger partial charge in [-0.05, 0) is 30.5 Å². The molecule has 1 saturated heterocycles. The minimum absolute atomic E-state index is 0.0329. The van der Waals surface area contributed by atoms with E-state index in [1.165, 1.54) is 24.6 Å². The number of hydrogen-bond acceptors (Lipinski definition) is 5. The van der Waals surface area contributed by atoms with Crippen molar-refractivity contribution < 1.29 is 22.7 Å². The molecule has 31 heavy (non-hydrogen) atoms. The molecule has 0 radical (unpaired) electrons. The average Bonchev–Trinajstić information content (AvgIpc) is 2.83. The van der Waals surface area contributed by atoms with Crippen LogP contribution >= 0.6 is 0 Å². The summed E-state index contributed by atoms with van der Waals surface area (Å²) >= 11 is 0. The molecule has 8 heteroatoms. The highest BCUT2D eigenvalue weighted by Crippen LogP contribution is 2.36. The van der Waals surface area contributed by atoms with E-state index in [1.807, 2.05) is 30.3 Å². The number of nitrogens with one attached hydrogen (secondary N) is 1. The number of carbonyl (C=O) groups excluding carboxylic acids is 1. The number of carbonyl (C=O) groups is 1. The highest BCUT2D eigenvalue weighted by atomic mass is 32.2. The second kappa shape index (κ2) is 10.6. The van der Waals surface area contributed by atoms with E-state index in [9.17, 15) is 13.2 Å². The first kappa shape index (κ1) is 23.1. The molecule has 1 aliphatic rings.